The summed E-state index contributed by atoms with van der Waals surface area (Å²) in [6.45, 7) is 4.50. The molecule has 0 aliphatic heterocycles. The minimum absolute atomic E-state index is 0.773. The van der Waals surface area contributed by atoms with Crippen molar-refractivity contribution < 1.29 is 4.74 Å². The van der Waals surface area contributed by atoms with Crippen LogP contribution in [0.1, 0.15) is 25.8 Å². The van der Waals surface area contributed by atoms with Gasteiger partial charge in [-0.1, -0.05) is 13.8 Å². The first-order chi connectivity index (χ1) is 7.63. The Hall–Kier alpha value is -0.830. The van der Waals surface area contributed by atoms with Crippen molar-refractivity contribution in [1.29, 1.82) is 0 Å². The van der Waals surface area contributed by atoms with E-state index in [9.17, 15) is 0 Å². The van der Waals surface area contributed by atoms with Gasteiger partial charge in [0.15, 0.2) is 0 Å². The van der Waals surface area contributed by atoms with Crippen molar-refractivity contribution in [3.8, 4) is 5.75 Å². The number of hydrogen-bond donors (Lipinski definition) is 1. The Morgan fingerprint density at radius 3 is 2.75 bits per heavy atom. The Bertz CT molecular complexity index is 326. The lowest BCUT2D eigenvalue weighted by Gasteiger charge is -2.09. The zero-order valence-corrected chi connectivity index (χ0v) is 11.1. The van der Waals surface area contributed by atoms with Gasteiger partial charge in [0.1, 0.15) is 5.75 Å². The van der Waals surface area contributed by atoms with Gasteiger partial charge in [0.25, 0.3) is 0 Å². The lowest BCUT2D eigenvalue weighted by molar-refractivity contribution is 0.411. The van der Waals surface area contributed by atoms with E-state index in [1.807, 2.05) is 30.0 Å². The average molecular weight is 239 g/mol. The van der Waals surface area contributed by atoms with Crippen molar-refractivity contribution in [3.63, 3.8) is 0 Å². The third kappa shape index (κ3) is 4.35. The summed E-state index contributed by atoms with van der Waals surface area (Å²) in [5.41, 5.74) is 7.77. The second-order valence-electron chi connectivity index (χ2n) is 4.31. The van der Waals surface area contributed by atoms with Gasteiger partial charge in [-0.25, -0.2) is 0 Å². The van der Waals surface area contributed by atoms with E-state index in [-0.39, 0.29) is 0 Å². The van der Waals surface area contributed by atoms with Gasteiger partial charge < -0.3 is 10.5 Å². The molecule has 1 rings (SSSR count). The number of thioether (sulfide) groups is 1. The molecule has 1 aromatic rings. The number of hydrogen-bond acceptors (Lipinski definition) is 3. The van der Waals surface area contributed by atoms with E-state index in [0.717, 1.165) is 23.1 Å². The van der Waals surface area contributed by atoms with Gasteiger partial charge in [0, 0.05) is 17.0 Å². The van der Waals surface area contributed by atoms with Gasteiger partial charge >= 0.3 is 0 Å². The SMILES string of the molecule is COc1ccc(N)cc1CSCCC(C)C. The van der Waals surface area contributed by atoms with E-state index in [4.69, 9.17) is 10.5 Å². The van der Waals surface area contributed by atoms with Crippen LogP contribution in [0.2, 0.25) is 0 Å². The topological polar surface area (TPSA) is 35.2 Å². The normalized spacial score (nSPS) is 10.8. The Morgan fingerprint density at radius 1 is 1.38 bits per heavy atom. The van der Waals surface area contributed by atoms with Crippen molar-refractivity contribution in [2.24, 2.45) is 5.92 Å². The molecular weight excluding hydrogens is 218 g/mol. The first-order valence-corrected chi connectivity index (χ1v) is 6.79. The molecular formula is C13H21NOS. The highest BCUT2D eigenvalue weighted by molar-refractivity contribution is 7.98. The zero-order chi connectivity index (χ0) is 12.0. The van der Waals surface area contributed by atoms with Crippen LogP contribution in [0.3, 0.4) is 0 Å². The van der Waals surface area contributed by atoms with E-state index in [2.05, 4.69) is 13.8 Å². The van der Waals surface area contributed by atoms with Crippen molar-refractivity contribution in [2.45, 2.75) is 26.0 Å². The number of anilines is 1. The van der Waals surface area contributed by atoms with Crippen LogP contribution in [-0.4, -0.2) is 12.9 Å². The van der Waals surface area contributed by atoms with Crippen LogP contribution in [-0.2, 0) is 5.75 Å². The van der Waals surface area contributed by atoms with Gasteiger partial charge in [-0.2, -0.15) is 11.8 Å². The molecule has 0 fully saturated rings. The number of rotatable bonds is 6. The molecule has 0 heterocycles. The predicted molar refractivity (Wildman–Crippen MR) is 73.0 cm³/mol. The molecule has 0 aliphatic carbocycles. The summed E-state index contributed by atoms with van der Waals surface area (Å²) in [6, 6.07) is 5.82. The Kier molecular flexibility index (Phi) is 5.53. The van der Waals surface area contributed by atoms with E-state index >= 15 is 0 Å². The minimum Gasteiger partial charge on any atom is -0.496 e. The standard InChI is InChI=1S/C13H21NOS/c1-10(2)6-7-16-9-11-8-12(14)4-5-13(11)15-3/h4-5,8,10H,6-7,9,14H2,1-3H3. The molecule has 0 aromatic heterocycles. The first-order valence-electron chi connectivity index (χ1n) is 5.63. The Balaban J connectivity index is 2.48. The van der Waals surface area contributed by atoms with E-state index in [1.54, 1.807) is 7.11 Å². The highest BCUT2D eigenvalue weighted by atomic mass is 32.2. The fraction of sp³-hybridized carbons (Fsp3) is 0.538. The third-order valence-corrected chi connectivity index (χ3v) is 3.44. The largest absolute Gasteiger partial charge is 0.496 e. The minimum atomic E-state index is 0.773. The van der Waals surface area contributed by atoms with Crippen LogP contribution >= 0.6 is 11.8 Å². The van der Waals surface area contributed by atoms with Gasteiger partial charge in [-0.15, -0.1) is 0 Å². The molecule has 3 heteroatoms. The molecule has 2 nitrogen and oxygen atoms in total. The lowest BCUT2D eigenvalue weighted by Crippen LogP contribution is -1.95. The van der Waals surface area contributed by atoms with Crippen LogP contribution in [0.5, 0.6) is 5.75 Å². The highest BCUT2D eigenvalue weighted by Crippen LogP contribution is 2.26. The van der Waals surface area contributed by atoms with E-state index in [0.29, 0.717) is 0 Å². The molecule has 0 unspecified atom stereocenters. The molecule has 0 radical (unpaired) electrons. The van der Waals surface area contributed by atoms with Gasteiger partial charge in [0.2, 0.25) is 0 Å². The second kappa shape index (κ2) is 6.69. The molecule has 1 aromatic carbocycles. The van der Waals surface area contributed by atoms with Gasteiger partial charge in [-0.05, 0) is 36.3 Å². The number of benzene rings is 1. The van der Waals surface area contributed by atoms with Gasteiger partial charge in [0.05, 0.1) is 7.11 Å². The van der Waals surface area contributed by atoms with Gasteiger partial charge in [-0.3, -0.25) is 0 Å². The average Bonchev–Trinajstić information content (AvgIpc) is 2.24. The summed E-state index contributed by atoms with van der Waals surface area (Å²) in [7, 11) is 1.70. The zero-order valence-electron chi connectivity index (χ0n) is 10.3. The number of nitrogen functional groups attached to an aromatic ring is 1. The third-order valence-electron chi connectivity index (χ3n) is 2.40. The second-order valence-corrected chi connectivity index (χ2v) is 5.41. The van der Waals surface area contributed by atoms with Crippen molar-refractivity contribution in [2.75, 3.05) is 18.6 Å². The summed E-state index contributed by atoms with van der Waals surface area (Å²) in [4.78, 5) is 0. The maximum atomic E-state index is 5.77. The number of methoxy groups -OCH3 is 1. The molecule has 0 atom stereocenters. The monoisotopic (exact) mass is 239 g/mol. The molecule has 0 aliphatic rings. The lowest BCUT2D eigenvalue weighted by atomic mass is 10.2. The quantitative estimate of drug-likeness (QED) is 0.609. The summed E-state index contributed by atoms with van der Waals surface area (Å²) in [5, 5.41) is 0. The van der Waals surface area contributed by atoms with E-state index in [1.165, 1.54) is 17.7 Å². The maximum Gasteiger partial charge on any atom is 0.123 e. The van der Waals surface area contributed by atoms with Crippen LogP contribution in [0.25, 0.3) is 0 Å². The maximum absolute atomic E-state index is 5.77. The summed E-state index contributed by atoms with van der Waals surface area (Å²) >= 11 is 1.94. The summed E-state index contributed by atoms with van der Waals surface area (Å²) in [5.74, 6) is 3.87. The van der Waals surface area contributed by atoms with Crippen LogP contribution in [0.4, 0.5) is 5.69 Å². The van der Waals surface area contributed by atoms with Crippen LogP contribution < -0.4 is 10.5 Å². The highest BCUT2D eigenvalue weighted by Gasteiger charge is 2.03. The molecule has 0 bridgehead atoms. The fourth-order valence-electron chi connectivity index (χ4n) is 1.41. The molecule has 0 spiro atoms. The first kappa shape index (κ1) is 13.2. The van der Waals surface area contributed by atoms with Crippen LogP contribution in [0, 0.1) is 5.92 Å². The molecule has 2 N–H and O–H groups in total. The summed E-state index contributed by atoms with van der Waals surface area (Å²) in [6.07, 6.45) is 1.26. The van der Waals surface area contributed by atoms with E-state index < -0.39 is 0 Å². The fourth-order valence-corrected chi connectivity index (χ4v) is 2.64. The van der Waals surface area contributed by atoms with Crippen molar-refractivity contribution in [1.82, 2.24) is 0 Å². The molecule has 0 saturated heterocycles. The smallest absolute Gasteiger partial charge is 0.123 e. The molecule has 0 amide bonds. The van der Waals surface area contributed by atoms with Crippen LogP contribution in [0.15, 0.2) is 18.2 Å². The van der Waals surface area contributed by atoms with Crippen molar-refractivity contribution in [3.05, 3.63) is 23.8 Å². The van der Waals surface area contributed by atoms with Crippen molar-refractivity contribution >= 4 is 17.4 Å². The number of ether oxygens (including phenoxy) is 1. The Morgan fingerprint density at radius 2 is 2.12 bits per heavy atom. The molecule has 0 saturated carbocycles. The summed E-state index contributed by atoms with van der Waals surface area (Å²) < 4.78 is 5.31. The number of nitrogens with two attached hydrogens (primary N) is 1. The molecule has 90 valence electrons. The Labute approximate surface area is 103 Å². The predicted octanol–water partition coefficient (Wildman–Crippen LogP) is 3.56. The molecule has 16 heavy (non-hydrogen) atoms.